The van der Waals surface area contributed by atoms with E-state index < -0.39 is 60.0 Å². The molecule has 6 atom stereocenters. The lowest BCUT2D eigenvalue weighted by Gasteiger charge is -2.57. The van der Waals surface area contributed by atoms with Crippen LogP contribution < -0.4 is 0 Å². The summed E-state index contributed by atoms with van der Waals surface area (Å²) in [7, 11) is 0. The van der Waals surface area contributed by atoms with Crippen molar-refractivity contribution in [3.05, 3.63) is 11.6 Å². The van der Waals surface area contributed by atoms with E-state index in [-0.39, 0.29) is 60.4 Å². The summed E-state index contributed by atoms with van der Waals surface area (Å²) in [5.41, 5.74) is -2.18. The highest BCUT2D eigenvalue weighted by molar-refractivity contribution is 6.01. The maximum absolute atomic E-state index is 13.7. The van der Waals surface area contributed by atoms with Crippen LogP contribution in [0.1, 0.15) is 84.5 Å². The van der Waals surface area contributed by atoms with E-state index in [1.165, 1.54) is 0 Å². The van der Waals surface area contributed by atoms with Gasteiger partial charge in [-0.05, 0) is 55.4 Å². The Kier molecular flexibility index (Phi) is 7.09. The van der Waals surface area contributed by atoms with Gasteiger partial charge in [-0.25, -0.2) is 4.79 Å². The summed E-state index contributed by atoms with van der Waals surface area (Å²) in [6.45, 7) is 3.16. The van der Waals surface area contributed by atoms with Crippen LogP contribution in [0.3, 0.4) is 0 Å². The minimum atomic E-state index is -1.84. The van der Waals surface area contributed by atoms with Crippen molar-refractivity contribution in [2.24, 2.45) is 28.6 Å². The number of carbonyl (C=O) groups is 7. The second-order valence-corrected chi connectivity index (χ2v) is 12.4. The number of hydroxylamine groups is 2. The largest absolute Gasteiger partial charge is 0.458 e. The first-order valence-corrected chi connectivity index (χ1v) is 14.0. The van der Waals surface area contributed by atoms with Crippen LogP contribution in [0, 0.1) is 28.6 Å². The lowest BCUT2D eigenvalue weighted by Crippen LogP contribution is -2.61. The molecule has 5 rings (SSSR count). The molecule has 1 saturated heterocycles. The van der Waals surface area contributed by atoms with E-state index in [1.54, 1.807) is 13.0 Å². The Morgan fingerprint density at radius 2 is 1.62 bits per heavy atom. The van der Waals surface area contributed by atoms with Crippen LogP contribution in [-0.4, -0.2) is 63.5 Å². The number of carbonyl (C=O) groups excluding carboxylic acids is 7. The van der Waals surface area contributed by atoms with Crippen molar-refractivity contribution in [2.45, 2.75) is 90.1 Å². The highest BCUT2D eigenvalue weighted by Crippen LogP contribution is 2.66. The van der Waals surface area contributed by atoms with Crippen LogP contribution in [0.2, 0.25) is 0 Å². The summed E-state index contributed by atoms with van der Waals surface area (Å²) in [6, 6.07) is 0. The molecule has 0 aromatic carbocycles. The van der Waals surface area contributed by atoms with E-state index >= 15 is 0 Å². The molecule has 1 N–H and O–H groups in total. The first-order valence-electron chi connectivity index (χ1n) is 14.0. The molecule has 0 aromatic rings. The summed E-state index contributed by atoms with van der Waals surface area (Å²) in [5, 5.41) is 12.1. The third kappa shape index (κ3) is 4.42. The first kappa shape index (κ1) is 28.3. The number of imide groups is 1. The van der Waals surface area contributed by atoms with Gasteiger partial charge in [0.05, 0.1) is 12.8 Å². The van der Waals surface area contributed by atoms with Gasteiger partial charge in [0.15, 0.2) is 12.4 Å². The average Bonchev–Trinajstić information content (AvgIpc) is 3.36. The lowest BCUT2D eigenvalue weighted by atomic mass is 9.46. The number of ketones is 3. The second kappa shape index (κ2) is 10.0. The molecule has 0 radical (unpaired) electrons. The molecule has 40 heavy (non-hydrogen) atoms. The lowest BCUT2D eigenvalue weighted by molar-refractivity contribution is -0.197. The van der Waals surface area contributed by atoms with E-state index in [0.29, 0.717) is 24.3 Å². The molecule has 1 heterocycles. The highest BCUT2D eigenvalue weighted by Gasteiger charge is 2.68. The fraction of sp³-hybridized carbons (Fsp3) is 0.690. The topological polar surface area (TPSA) is 161 Å². The van der Waals surface area contributed by atoms with Crippen LogP contribution in [0.5, 0.6) is 0 Å². The highest BCUT2D eigenvalue weighted by atomic mass is 16.7. The van der Waals surface area contributed by atoms with Crippen LogP contribution in [-0.2, 0) is 43.1 Å². The molecule has 5 aliphatic rings. The molecule has 216 valence electrons. The number of allylic oxidation sites excluding steroid dienone is 1. The Bertz CT molecular complexity index is 1220. The number of nitrogens with zero attached hydrogens (tertiary/aromatic N) is 1. The van der Waals surface area contributed by atoms with Gasteiger partial charge in [0.2, 0.25) is 5.78 Å². The molecule has 4 fully saturated rings. The molecule has 2 amide bonds. The normalized spacial score (nSPS) is 36.9. The van der Waals surface area contributed by atoms with Crippen molar-refractivity contribution in [3.8, 4) is 0 Å². The van der Waals surface area contributed by atoms with Gasteiger partial charge in [-0.3, -0.25) is 28.8 Å². The summed E-state index contributed by atoms with van der Waals surface area (Å²) in [5.74, 6) is -4.01. The van der Waals surface area contributed by atoms with E-state index in [9.17, 15) is 38.7 Å². The molecular formula is C29H35NO10. The van der Waals surface area contributed by atoms with Crippen molar-refractivity contribution in [2.75, 3.05) is 6.61 Å². The van der Waals surface area contributed by atoms with Crippen LogP contribution >= 0.6 is 0 Å². The van der Waals surface area contributed by atoms with Crippen molar-refractivity contribution >= 4 is 41.1 Å². The van der Waals surface area contributed by atoms with Gasteiger partial charge in [-0.15, -0.1) is 5.06 Å². The SMILES string of the molecule is C[C@]12CCC(=O)C=C1CC[C@H]1[C@H]2C(=O)C[C@@]2(C)[C@@H]1CC[C@]2(O)C(=O)COC(=O)CCC(=O)ON1C(=O)CCC1=O. The maximum atomic E-state index is 13.7. The fourth-order valence-electron chi connectivity index (χ4n) is 8.19. The van der Waals surface area contributed by atoms with Gasteiger partial charge in [0, 0.05) is 37.0 Å². The zero-order valence-corrected chi connectivity index (χ0v) is 22.9. The van der Waals surface area contributed by atoms with Gasteiger partial charge in [0.25, 0.3) is 11.8 Å². The van der Waals surface area contributed by atoms with Crippen molar-refractivity contribution in [1.82, 2.24) is 5.06 Å². The number of amides is 2. The monoisotopic (exact) mass is 557 g/mol. The van der Waals surface area contributed by atoms with E-state index in [0.717, 1.165) is 18.4 Å². The number of Topliss-reactive ketones (excluding diaryl/α,β-unsaturated/α-hetero) is 2. The molecule has 11 nitrogen and oxygen atoms in total. The fourth-order valence-corrected chi connectivity index (χ4v) is 8.19. The first-order chi connectivity index (χ1) is 18.8. The quantitative estimate of drug-likeness (QED) is 0.362. The predicted molar refractivity (Wildman–Crippen MR) is 134 cm³/mol. The third-order valence-electron chi connectivity index (χ3n) is 10.4. The number of rotatable bonds is 7. The predicted octanol–water partition coefficient (Wildman–Crippen LogP) is 1.93. The molecule has 0 bridgehead atoms. The Balaban J connectivity index is 1.20. The summed E-state index contributed by atoms with van der Waals surface area (Å²) < 4.78 is 5.07. The van der Waals surface area contributed by atoms with Gasteiger partial charge in [-0.1, -0.05) is 19.4 Å². The van der Waals surface area contributed by atoms with Crippen LogP contribution in [0.4, 0.5) is 0 Å². The van der Waals surface area contributed by atoms with Gasteiger partial charge in [0.1, 0.15) is 11.4 Å². The minimum absolute atomic E-state index is 0.00444. The smallest absolute Gasteiger partial charge is 0.333 e. The maximum Gasteiger partial charge on any atom is 0.333 e. The Morgan fingerprint density at radius 3 is 2.33 bits per heavy atom. The van der Waals surface area contributed by atoms with E-state index in [4.69, 9.17) is 9.57 Å². The van der Waals surface area contributed by atoms with E-state index in [2.05, 4.69) is 6.92 Å². The minimum Gasteiger partial charge on any atom is -0.458 e. The number of fused-ring (bicyclic) bond motifs is 5. The standard InChI is InChI=1S/C29H35NO10/c1-27-11-9-17(31)13-16(27)3-4-18-19-10-12-29(38,28(19,2)14-20(32)26(18)27)21(33)15-39-24(36)7-8-25(37)40-30-22(34)5-6-23(30)35/h13,18-19,26,38H,3-12,14-15H2,1-2H3/t18-,19-,26+,27+,28+,29+/m1/s1. The van der Waals surface area contributed by atoms with Crippen LogP contribution in [0.15, 0.2) is 11.6 Å². The molecule has 4 aliphatic carbocycles. The van der Waals surface area contributed by atoms with Gasteiger partial charge < -0.3 is 14.7 Å². The number of esters is 1. The molecule has 3 saturated carbocycles. The van der Waals surface area contributed by atoms with Crippen molar-refractivity contribution in [1.29, 1.82) is 0 Å². The number of hydrogen-bond donors (Lipinski definition) is 1. The molecule has 11 heteroatoms. The third-order valence-corrected chi connectivity index (χ3v) is 10.4. The molecule has 0 spiro atoms. The summed E-state index contributed by atoms with van der Waals surface area (Å²) in [6.07, 6.45) is 3.94. The van der Waals surface area contributed by atoms with Crippen LogP contribution in [0.25, 0.3) is 0 Å². The Morgan fingerprint density at radius 1 is 0.950 bits per heavy atom. The zero-order chi connectivity index (χ0) is 29.0. The Hall–Kier alpha value is -3.21. The van der Waals surface area contributed by atoms with E-state index in [1.807, 2.05) is 0 Å². The van der Waals surface area contributed by atoms with Crippen molar-refractivity contribution in [3.63, 3.8) is 0 Å². The van der Waals surface area contributed by atoms with Gasteiger partial charge >= 0.3 is 11.9 Å². The second-order valence-electron chi connectivity index (χ2n) is 12.4. The average molecular weight is 558 g/mol. The number of aliphatic hydroxyl groups is 1. The summed E-state index contributed by atoms with van der Waals surface area (Å²) in [4.78, 5) is 91.0. The Labute approximate surface area is 231 Å². The molecule has 1 aliphatic heterocycles. The summed E-state index contributed by atoms with van der Waals surface area (Å²) >= 11 is 0. The molecular weight excluding hydrogens is 522 g/mol. The van der Waals surface area contributed by atoms with Crippen molar-refractivity contribution < 1.29 is 48.2 Å². The molecule has 0 aromatic heterocycles. The number of ether oxygens (including phenoxy) is 1. The number of hydrogen-bond acceptors (Lipinski definition) is 10. The van der Waals surface area contributed by atoms with Gasteiger partial charge in [-0.2, -0.15) is 0 Å². The molecule has 0 unspecified atom stereocenters. The zero-order valence-electron chi connectivity index (χ0n) is 22.9.